The van der Waals surface area contributed by atoms with Gasteiger partial charge >= 0.3 is 12.2 Å². The molecule has 0 unspecified atom stereocenters. The molecule has 1 aliphatic heterocycles. The molecule has 1 aliphatic rings. The predicted octanol–water partition coefficient (Wildman–Crippen LogP) is 5.84. The molecule has 4 rings (SSSR count). The number of benzene rings is 3. The second kappa shape index (κ2) is 14.1. The van der Waals surface area contributed by atoms with Gasteiger partial charge in [-0.05, 0) is 64.8 Å². The highest BCUT2D eigenvalue weighted by Crippen LogP contribution is 2.39. The second-order valence-electron chi connectivity index (χ2n) is 12.6. The van der Waals surface area contributed by atoms with E-state index in [1.54, 1.807) is 77.9 Å². The Morgan fingerprint density at radius 3 is 1.46 bits per heavy atom. The van der Waals surface area contributed by atoms with Gasteiger partial charge in [-0.2, -0.15) is 0 Å². The summed E-state index contributed by atoms with van der Waals surface area (Å²) < 4.78 is 23.3. The molecule has 2 N–H and O–H groups in total. The van der Waals surface area contributed by atoms with Crippen LogP contribution in [0.2, 0.25) is 0 Å². The van der Waals surface area contributed by atoms with E-state index in [1.165, 1.54) is 0 Å². The Morgan fingerprint density at radius 1 is 0.609 bits per heavy atom. The summed E-state index contributed by atoms with van der Waals surface area (Å²) in [6.07, 6.45) is -1.31. The van der Waals surface area contributed by atoms with Crippen LogP contribution in [0.1, 0.15) is 67.8 Å². The molecule has 3 aromatic carbocycles. The predicted molar refractivity (Wildman–Crippen MR) is 171 cm³/mol. The zero-order valence-electron chi connectivity index (χ0n) is 27.0. The lowest BCUT2D eigenvalue weighted by molar-refractivity contribution is -0.299. The van der Waals surface area contributed by atoms with Crippen LogP contribution in [0.3, 0.4) is 0 Å². The van der Waals surface area contributed by atoms with Gasteiger partial charge in [0.05, 0.1) is 24.3 Å². The van der Waals surface area contributed by atoms with E-state index in [1.807, 2.05) is 42.5 Å². The number of amides is 4. The lowest BCUT2D eigenvalue weighted by Crippen LogP contribution is -2.54. The van der Waals surface area contributed by atoms with Crippen molar-refractivity contribution >= 4 is 24.0 Å². The zero-order valence-corrected chi connectivity index (χ0v) is 27.0. The van der Waals surface area contributed by atoms with Crippen molar-refractivity contribution in [2.75, 3.05) is 26.3 Å². The van der Waals surface area contributed by atoms with Gasteiger partial charge in [0.15, 0.2) is 0 Å². The Labute approximate surface area is 269 Å². The third-order valence-electron chi connectivity index (χ3n) is 6.58. The number of nitrogens with one attached hydrogen (secondary N) is 2. The first-order valence-electron chi connectivity index (χ1n) is 15.1. The Kier molecular flexibility index (Phi) is 10.5. The Hall–Kier alpha value is -4.74. The number of hydrogen-bond donors (Lipinski definition) is 2. The maximum Gasteiger partial charge on any atom is 0.407 e. The molecule has 11 nitrogen and oxygen atoms in total. The molecule has 0 bridgehead atoms. The van der Waals surface area contributed by atoms with Gasteiger partial charge in [-0.25, -0.2) is 14.5 Å². The van der Waals surface area contributed by atoms with E-state index in [2.05, 4.69) is 10.6 Å². The average molecular weight is 632 g/mol. The fraction of sp³-hybridized carbons (Fsp3) is 0.371. The molecule has 0 aromatic heterocycles. The number of ether oxygens (including phenoxy) is 4. The minimum atomic E-state index is -2.08. The van der Waals surface area contributed by atoms with Crippen LogP contribution in [0.25, 0.3) is 11.1 Å². The first-order chi connectivity index (χ1) is 21.7. The third kappa shape index (κ3) is 8.49. The van der Waals surface area contributed by atoms with Crippen molar-refractivity contribution in [2.24, 2.45) is 0 Å². The number of alkyl carbamates (subject to hydrolysis) is 2. The van der Waals surface area contributed by atoms with Crippen LogP contribution in [0.4, 0.5) is 9.59 Å². The summed E-state index contributed by atoms with van der Waals surface area (Å²) in [5.74, 6) is -3.31. The minimum absolute atomic E-state index is 0.0263. The Balaban J connectivity index is 1.68. The summed E-state index contributed by atoms with van der Waals surface area (Å²) in [6, 6.07) is 23.3. The molecule has 244 valence electrons. The van der Waals surface area contributed by atoms with Gasteiger partial charge in [0, 0.05) is 18.7 Å². The van der Waals surface area contributed by atoms with Gasteiger partial charge in [-0.15, -0.1) is 0 Å². The van der Waals surface area contributed by atoms with Crippen LogP contribution in [-0.2, 0) is 24.9 Å². The second-order valence-corrected chi connectivity index (χ2v) is 12.6. The van der Waals surface area contributed by atoms with Crippen LogP contribution in [0.15, 0.2) is 78.9 Å². The summed E-state index contributed by atoms with van der Waals surface area (Å²) in [6.45, 7) is 10.1. The fourth-order valence-electron chi connectivity index (χ4n) is 4.74. The Morgan fingerprint density at radius 2 is 1.02 bits per heavy atom. The van der Waals surface area contributed by atoms with Gasteiger partial charge < -0.3 is 29.6 Å². The summed E-state index contributed by atoms with van der Waals surface area (Å²) >= 11 is 0. The molecule has 0 spiro atoms. The van der Waals surface area contributed by atoms with Crippen molar-refractivity contribution in [1.82, 2.24) is 15.5 Å². The van der Waals surface area contributed by atoms with Crippen LogP contribution in [0, 0.1) is 0 Å². The normalized spacial score (nSPS) is 13.3. The number of rotatable bonds is 11. The zero-order chi connectivity index (χ0) is 33.5. The van der Waals surface area contributed by atoms with Crippen molar-refractivity contribution in [3.63, 3.8) is 0 Å². The van der Waals surface area contributed by atoms with E-state index in [0.29, 0.717) is 5.56 Å². The highest BCUT2D eigenvalue weighted by molar-refractivity contribution is 6.21. The van der Waals surface area contributed by atoms with Crippen molar-refractivity contribution < 1.29 is 38.1 Å². The van der Waals surface area contributed by atoms with Crippen molar-refractivity contribution in [3.8, 4) is 11.1 Å². The van der Waals surface area contributed by atoms with Crippen LogP contribution < -0.4 is 10.6 Å². The number of hydrogen-bond acceptors (Lipinski definition) is 8. The summed E-state index contributed by atoms with van der Waals surface area (Å²) in [4.78, 5) is 53.3. The maximum atomic E-state index is 13.9. The number of imide groups is 1. The molecule has 0 atom stereocenters. The monoisotopic (exact) mass is 631 g/mol. The number of fused-ring (bicyclic) bond motifs is 1. The highest BCUT2D eigenvalue weighted by atomic mass is 16.7. The van der Waals surface area contributed by atoms with E-state index >= 15 is 0 Å². The quantitative estimate of drug-likeness (QED) is 0.153. The number of carbonyl (C=O) groups is 4. The number of carbonyl (C=O) groups excluding carboxylic acids is 4. The van der Waals surface area contributed by atoms with E-state index in [-0.39, 0.29) is 37.4 Å². The first kappa shape index (κ1) is 34.1. The topological polar surface area (TPSA) is 132 Å². The lowest BCUT2D eigenvalue weighted by atomic mass is 10.0. The smallest absolute Gasteiger partial charge is 0.407 e. The molecule has 0 fully saturated rings. The summed E-state index contributed by atoms with van der Waals surface area (Å²) in [7, 11) is 0. The third-order valence-corrected chi connectivity index (χ3v) is 6.58. The molecule has 0 saturated carbocycles. The van der Waals surface area contributed by atoms with E-state index in [4.69, 9.17) is 18.9 Å². The molecular weight excluding hydrogens is 590 g/mol. The molecule has 11 heteroatoms. The first-order valence-corrected chi connectivity index (χ1v) is 15.1. The summed E-state index contributed by atoms with van der Waals surface area (Å²) in [5.41, 5.74) is 1.17. The lowest BCUT2D eigenvalue weighted by Gasteiger charge is -2.40. The molecule has 4 amide bonds. The van der Waals surface area contributed by atoms with Gasteiger partial charge in [0.1, 0.15) is 11.2 Å². The highest BCUT2D eigenvalue weighted by Gasteiger charge is 2.52. The van der Waals surface area contributed by atoms with E-state index < -0.39 is 41.1 Å². The molecule has 0 saturated heterocycles. The van der Waals surface area contributed by atoms with Crippen molar-refractivity contribution in [2.45, 2.75) is 58.7 Å². The van der Waals surface area contributed by atoms with Gasteiger partial charge in [0.25, 0.3) is 17.7 Å². The SMILES string of the molecule is CC(C)(C)OC(=O)NCCOC(OCCNC(=O)OC(C)(C)C)(c1ccc(-c2ccccc2)cc1)N1C(=O)c2ccccc2C1=O. The van der Waals surface area contributed by atoms with E-state index in [9.17, 15) is 19.2 Å². The standard InChI is InChI=1S/C35H41N3O8/c1-33(2,3)45-31(41)36-20-22-43-35(44-23-21-37-32(42)46-34(4,5)6,38-29(39)27-14-10-11-15-28(27)30(38)40)26-18-16-25(17-19-26)24-12-8-7-9-13-24/h7-19H,20-23H2,1-6H3,(H,36,41)(H,37,42). The molecule has 46 heavy (non-hydrogen) atoms. The van der Waals surface area contributed by atoms with Crippen molar-refractivity contribution in [3.05, 3.63) is 95.6 Å². The fourth-order valence-corrected chi connectivity index (χ4v) is 4.74. The Bertz CT molecular complexity index is 1470. The minimum Gasteiger partial charge on any atom is -0.444 e. The summed E-state index contributed by atoms with van der Waals surface area (Å²) in [5, 5.41) is 5.25. The molecule has 0 aliphatic carbocycles. The van der Waals surface area contributed by atoms with Crippen molar-refractivity contribution in [1.29, 1.82) is 0 Å². The molecule has 1 heterocycles. The number of nitrogens with zero attached hydrogens (tertiary/aromatic N) is 1. The van der Waals surface area contributed by atoms with Crippen LogP contribution >= 0.6 is 0 Å². The maximum absolute atomic E-state index is 13.9. The van der Waals surface area contributed by atoms with Crippen LogP contribution in [0.5, 0.6) is 0 Å². The van der Waals surface area contributed by atoms with Gasteiger partial charge in [-0.1, -0.05) is 66.7 Å². The average Bonchev–Trinajstić information content (AvgIpc) is 3.25. The van der Waals surface area contributed by atoms with Crippen LogP contribution in [-0.4, -0.2) is 66.4 Å². The molecular formula is C35H41N3O8. The van der Waals surface area contributed by atoms with E-state index in [0.717, 1.165) is 16.0 Å². The largest absolute Gasteiger partial charge is 0.444 e. The molecule has 3 aromatic rings. The van der Waals surface area contributed by atoms with Gasteiger partial charge in [-0.3, -0.25) is 9.59 Å². The van der Waals surface area contributed by atoms with Gasteiger partial charge in [0.2, 0.25) is 0 Å². The molecule has 0 radical (unpaired) electrons.